The van der Waals surface area contributed by atoms with Crippen LogP contribution in [0.5, 0.6) is 0 Å². The molecule has 2 heterocycles. The van der Waals surface area contributed by atoms with Gasteiger partial charge in [0.25, 0.3) is 5.91 Å². The maximum Gasteiger partial charge on any atom is 0.252 e. The van der Waals surface area contributed by atoms with Gasteiger partial charge >= 0.3 is 0 Å². The summed E-state index contributed by atoms with van der Waals surface area (Å²) in [6.45, 7) is -0.0979. The predicted octanol–water partition coefficient (Wildman–Crippen LogP) is 1.94. The highest BCUT2D eigenvalue weighted by molar-refractivity contribution is 5.99. The number of ketones is 1. The van der Waals surface area contributed by atoms with Gasteiger partial charge < -0.3 is 22.1 Å². The van der Waals surface area contributed by atoms with E-state index >= 15 is 0 Å². The van der Waals surface area contributed by atoms with Crippen LogP contribution in [-0.4, -0.2) is 34.2 Å². The highest BCUT2D eigenvalue weighted by atomic mass is 19.1. The Kier molecular flexibility index (Phi) is 4.81. The number of primary amides is 1. The first-order valence-corrected chi connectivity index (χ1v) is 9.06. The molecule has 1 aromatic carbocycles. The SMILES string of the molecule is NC(=O)c1cc(F)c(NCC(=O)C2CC2N)nc1Nc1ccc2ncccc2c1. The number of aromatic nitrogens is 2. The van der Waals surface area contributed by atoms with Gasteiger partial charge in [0, 0.05) is 29.2 Å². The number of amides is 1. The van der Waals surface area contributed by atoms with Crippen LogP contribution >= 0.6 is 0 Å². The van der Waals surface area contributed by atoms with Gasteiger partial charge in [-0.25, -0.2) is 9.37 Å². The van der Waals surface area contributed by atoms with Crippen LogP contribution in [-0.2, 0) is 4.79 Å². The first kappa shape index (κ1) is 18.8. The van der Waals surface area contributed by atoms with E-state index in [1.54, 1.807) is 12.3 Å². The third kappa shape index (κ3) is 3.99. The number of benzene rings is 1. The summed E-state index contributed by atoms with van der Waals surface area (Å²) < 4.78 is 14.4. The van der Waals surface area contributed by atoms with Crippen molar-refractivity contribution in [3.8, 4) is 0 Å². The molecule has 0 bridgehead atoms. The zero-order valence-electron chi connectivity index (χ0n) is 15.4. The third-order valence-electron chi connectivity index (χ3n) is 4.79. The highest BCUT2D eigenvalue weighted by Gasteiger charge is 2.39. The number of nitrogens with one attached hydrogen (secondary N) is 2. The quantitative estimate of drug-likeness (QED) is 0.481. The Hall–Kier alpha value is -3.59. The molecule has 1 saturated carbocycles. The molecule has 2 aromatic heterocycles. The minimum Gasteiger partial charge on any atom is -0.365 e. The van der Waals surface area contributed by atoms with Gasteiger partial charge in [-0.05, 0) is 36.8 Å². The summed E-state index contributed by atoms with van der Waals surface area (Å²) in [4.78, 5) is 32.1. The van der Waals surface area contributed by atoms with Crippen molar-refractivity contribution in [3.05, 3.63) is 54.0 Å². The van der Waals surface area contributed by atoms with Gasteiger partial charge in [-0.1, -0.05) is 6.07 Å². The van der Waals surface area contributed by atoms with Gasteiger partial charge in [0.2, 0.25) is 0 Å². The third-order valence-corrected chi connectivity index (χ3v) is 4.79. The molecule has 148 valence electrons. The number of pyridine rings is 2. The fourth-order valence-corrected chi connectivity index (χ4v) is 3.07. The highest BCUT2D eigenvalue weighted by Crippen LogP contribution is 2.29. The molecule has 6 N–H and O–H groups in total. The Balaban J connectivity index is 1.61. The van der Waals surface area contributed by atoms with Crippen LogP contribution in [0.25, 0.3) is 10.9 Å². The van der Waals surface area contributed by atoms with Gasteiger partial charge in [0.15, 0.2) is 17.4 Å². The van der Waals surface area contributed by atoms with Crippen LogP contribution in [0.4, 0.5) is 21.7 Å². The molecule has 29 heavy (non-hydrogen) atoms. The molecule has 1 amide bonds. The van der Waals surface area contributed by atoms with E-state index in [0.29, 0.717) is 12.1 Å². The normalized spacial score (nSPS) is 17.7. The van der Waals surface area contributed by atoms with Gasteiger partial charge in [-0.2, -0.15) is 0 Å². The van der Waals surface area contributed by atoms with E-state index in [2.05, 4.69) is 20.6 Å². The largest absolute Gasteiger partial charge is 0.365 e. The van der Waals surface area contributed by atoms with Gasteiger partial charge in [-0.15, -0.1) is 0 Å². The first-order valence-electron chi connectivity index (χ1n) is 9.06. The van der Waals surface area contributed by atoms with Gasteiger partial charge in [-0.3, -0.25) is 14.6 Å². The lowest BCUT2D eigenvalue weighted by atomic mass is 10.2. The van der Waals surface area contributed by atoms with E-state index in [-0.39, 0.29) is 41.5 Å². The number of carbonyl (C=O) groups is 2. The van der Waals surface area contributed by atoms with E-state index in [4.69, 9.17) is 11.5 Å². The molecular weight excluding hydrogens is 375 g/mol. The summed E-state index contributed by atoms with van der Waals surface area (Å²) in [5, 5.41) is 6.55. The molecule has 2 unspecified atom stereocenters. The van der Waals surface area contributed by atoms with Crippen LogP contribution in [0.15, 0.2) is 42.6 Å². The summed E-state index contributed by atoms with van der Waals surface area (Å²) in [6.07, 6.45) is 2.33. The average Bonchev–Trinajstić information content (AvgIpc) is 3.44. The molecular formula is C20H19FN6O2. The first-order chi connectivity index (χ1) is 13.9. The molecule has 1 aliphatic carbocycles. The number of halogens is 1. The van der Waals surface area contributed by atoms with Crippen molar-refractivity contribution >= 4 is 39.9 Å². The van der Waals surface area contributed by atoms with E-state index in [1.807, 2.05) is 24.3 Å². The minimum absolute atomic E-state index is 0.0835. The number of hydrogen-bond acceptors (Lipinski definition) is 7. The lowest BCUT2D eigenvalue weighted by Gasteiger charge is -2.13. The molecule has 8 nitrogen and oxygen atoms in total. The second kappa shape index (κ2) is 7.44. The van der Waals surface area contributed by atoms with E-state index in [0.717, 1.165) is 17.0 Å². The summed E-state index contributed by atoms with van der Waals surface area (Å²) in [6, 6.07) is 9.96. The molecule has 9 heteroatoms. The number of nitrogens with two attached hydrogens (primary N) is 2. The lowest BCUT2D eigenvalue weighted by molar-refractivity contribution is -0.118. The molecule has 3 aromatic rings. The zero-order chi connectivity index (χ0) is 20.5. The number of hydrogen-bond donors (Lipinski definition) is 4. The van der Waals surface area contributed by atoms with Crippen molar-refractivity contribution in [1.82, 2.24) is 9.97 Å². The Morgan fingerprint density at radius 3 is 2.72 bits per heavy atom. The summed E-state index contributed by atoms with van der Waals surface area (Å²) >= 11 is 0. The number of carbonyl (C=O) groups excluding carboxylic acids is 2. The van der Waals surface area contributed by atoms with Gasteiger partial charge in [0.05, 0.1) is 17.6 Å². The topological polar surface area (TPSA) is 136 Å². The standard InChI is InChI=1S/C20H19FN6O2/c21-14-7-13(18(23)29)19(27-20(14)25-9-17(28)12-8-15(12)22)26-11-3-4-16-10(6-11)2-1-5-24-16/h1-7,12,15H,8-9,22H2,(H2,23,29)(H2,25,26,27). The average molecular weight is 394 g/mol. The van der Waals surface area contributed by atoms with Crippen molar-refractivity contribution in [2.24, 2.45) is 17.4 Å². The van der Waals surface area contributed by atoms with Crippen LogP contribution in [0, 0.1) is 11.7 Å². The van der Waals surface area contributed by atoms with E-state index in [1.165, 1.54) is 0 Å². The van der Waals surface area contributed by atoms with Crippen LogP contribution in [0.2, 0.25) is 0 Å². The zero-order valence-corrected chi connectivity index (χ0v) is 15.4. The lowest BCUT2D eigenvalue weighted by Crippen LogP contribution is -2.21. The second-order valence-electron chi connectivity index (χ2n) is 6.94. The Morgan fingerprint density at radius 2 is 2.00 bits per heavy atom. The maximum atomic E-state index is 14.4. The maximum absolute atomic E-state index is 14.4. The van der Waals surface area contributed by atoms with Crippen LogP contribution in [0.3, 0.4) is 0 Å². The fourth-order valence-electron chi connectivity index (χ4n) is 3.07. The van der Waals surface area contributed by atoms with Crippen molar-refractivity contribution < 1.29 is 14.0 Å². The molecule has 1 fully saturated rings. The predicted molar refractivity (Wildman–Crippen MR) is 107 cm³/mol. The Bertz CT molecular complexity index is 1120. The molecule has 0 saturated heterocycles. The summed E-state index contributed by atoms with van der Waals surface area (Å²) in [5.41, 5.74) is 12.4. The second-order valence-corrected chi connectivity index (χ2v) is 6.94. The van der Waals surface area contributed by atoms with Crippen LogP contribution in [0.1, 0.15) is 16.8 Å². The van der Waals surface area contributed by atoms with E-state index < -0.39 is 11.7 Å². The smallest absolute Gasteiger partial charge is 0.252 e. The molecule has 4 rings (SSSR count). The molecule has 0 spiro atoms. The van der Waals surface area contributed by atoms with Crippen molar-refractivity contribution in [1.29, 1.82) is 0 Å². The molecule has 0 radical (unpaired) electrons. The molecule has 2 atom stereocenters. The van der Waals surface area contributed by atoms with E-state index in [9.17, 15) is 14.0 Å². The summed E-state index contributed by atoms with van der Waals surface area (Å²) in [7, 11) is 0. The minimum atomic E-state index is -0.826. The van der Waals surface area contributed by atoms with Crippen LogP contribution < -0.4 is 22.1 Å². The number of fused-ring (bicyclic) bond motifs is 1. The van der Waals surface area contributed by atoms with Crippen molar-refractivity contribution in [3.63, 3.8) is 0 Å². The molecule has 0 aliphatic heterocycles. The number of nitrogens with zero attached hydrogens (tertiary/aromatic N) is 2. The fraction of sp³-hybridized carbons (Fsp3) is 0.200. The van der Waals surface area contributed by atoms with Gasteiger partial charge in [0.1, 0.15) is 5.82 Å². The Morgan fingerprint density at radius 1 is 1.21 bits per heavy atom. The number of anilines is 3. The Labute approximate surface area is 165 Å². The van der Waals surface area contributed by atoms with Crippen molar-refractivity contribution in [2.45, 2.75) is 12.5 Å². The summed E-state index contributed by atoms with van der Waals surface area (Å²) in [5.74, 6) is -1.97. The molecule has 1 aliphatic rings. The number of rotatable bonds is 7. The van der Waals surface area contributed by atoms with Crippen molar-refractivity contribution in [2.75, 3.05) is 17.2 Å². The monoisotopic (exact) mass is 394 g/mol. The number of Topliss-reactive ketones (excluding diaryl/α,β-unsaturated/α-hetero) is 1.